The van der Waals surface area contributed by atoms with E-state index in [1.54, 1.807) is 27.8 Å². The van der Waals surface area contributed by atoms with E-state index in [9.17, 15) is 4.79 Å². The summed E-state index contributed by atoms with van der Waals surface area (Å²) in [7, 11) is 3.33. The van der Waals surface area contributed by atoms with Crippen molar-refractivity contribution in [1.82, 2.24) is 10.3 Å². The Kier molecular flexibility index (Phi) is 4.67. The zero-order chi connectivity index (χ0) is 14.7. The number of ether oxygens (including phenoxy) is 1. The predicted molar refractivity (Wildman–Crippen MR) is 87.8 cm³/mol. The first kappa shape index (κ1) is 14.7. The van der Waals surface area contributed by atoms with E-state index >= 15 is 0 Å². The first-order valence-electron chi connectivity index (χ1n) is 6.76. The molecule has 0 saturated carbocycles. The highest BCUT2D eigenvalue weighted by molar-refractivity contribution is 8.76. The second kappa shape index (κ2) is 6.68. The number of pyridine rings is 1. The molecule has 1 N–H and O–H groups in total. The maximum absolute atomic E-state index is 12.5. The van der Waals surface area contributed by atoms with Gasteiger partial charge in [-0.2, -0.15) is 0 Å². The van der Waals surface area contributed by atoms with Gasteiger partial charge in [-0.1, -0.05) is 27.7 Å². The van der Waals surface area contributed by atoms with Crippen LogP contribution in [-0.2, 0) is 4.74 Å². The van der Waals surface area contributed by atoms with Gasteiger partial charge in [0.1, 0.15) is 0 Å². The van der Waals surface area contributed by atoms with Gasteiger partial charge in [0.25, 0.3) is 5.91 Å². The van der Waals surface area contributed by atoms with Crippen LogP contribution in [0.3, 0.4) is 0 Å². The number of benzene rings is 1. The Hall–Kier alpha value is -1.24. The molecule has 3 rings (SSSR count). The summed E-state index contributed by atoms with van der Waals surface area (Å²) < 4.78 is 5.30. The lowest BCUT2D eigenvalue weighted by atomic mass is 10.1. The second-order valence-electron chi connectivity index (χ2n) is 4.79. The van der Waals surface area contributed by atoms with Crippen molar-refractivity contribution in [2.24, 2.45) is 0 Å². The monoisotopic (exact) mass is 320 g/mol. The molecule has 1 aromatic carbocycles. The number of carbonyl (C=O) groups is 1. The number of nitrogens with one attached hydrogen (secondary N) is 1. The lowest BCUT2D eigenvalue weighted by Crippen LogP contribution is -2.35. The predicted octanol–water partition coefficient (Wildman–Crippen LogP) is 3.12. The fourth-order valence-electron chi connectivity index (χ4n) is 2.41. The first-order chi connectivity index (χ1) is 10.3. The summed E-state index contributed by atoms with van der Waals surface area (Å²) in [5.41, 5.74) is 1.56. The molecule has 1 fully saturated rings. The molecule has 110 valence electrons. The Balaban J connectivity index is 1.94. The van der Waals surface area contributed by atoms with Crippen molar-refractivity contribution in [2.75, 3.05) is 19.5 Å². The van der Waals surface area contributed by atoms with Gasteiger partial charge in [0.2, 0.25) is 0 Å². The Bertz CT molecular complexity index is 657. The number of hydrogen-bond donors (Lipinski definition) is 1. The maximum Gasteiger partial charge on any atom is 0.252 e. The SMILES string of the molecule is CSSc1ccc(C(=O)NC2CCOC2)c2cccnc12. The van der Waals surface area contributed by atoms with Crippen molar-refractivity contribution in [1.29, 1.82) is 0 Å². The number of amides is 1. The molecule has 2 heterocycles. The molecule has 0 aliphatic carbocycles. The molecule has 1 saturated heterocycles. The van der Waals surface area contributed by atoms with Crippen LogP contribution in [0.15, 0.2) is 35.4 Å². The van der Waals surface area contributed by atoms with Crippen LogP contribution < -0.4 is 5.32 Å². The van der Waals surface area contributed by atoms with Gasteiger partial charge < -0.3 is 10.1 Å². The largest absolute Gasteiger partial charge is 0.379 e. The van der Waals surface area contributed by atoms with Crippen molar-refractivity contribution < 1.29 is 9.53 Å². The Morgan fingerprint density at radius 2 is 2.33 bits per heavy atom. The summed E-state index contributed by atoms with van der Waals surface area (Å²) in [6.07, 6.45) is 4.67. The smallest absolute Gasteiger partial charge is 0.252 e. The van der Waals surface area contributed by atoms with Crippen molar-refractivity contribution in [2.45, 2.75) is 17.4 Å². The summed E-state index contributed by atoms with van der Waals surface area (Å²) in [5, 5.41) is 3.93. The summed E-state index contributed by atoms with van der Waals surface area (Å²) in [4.78, 5) is 18.0. The molecule has 1 unspecified atom stereocenters. The third kappa shape index (κ3) is 3.17. The van der Waals surface area contributed by atoms with Gasteiger partial charge >= 0.3 is 0 Å². The molecule has 1 amide bonds. The average Bonchev–Trinajstić information content (AvgIpc) is 3.00. The zero-order valence-electron chi connectivity index (χ0n) is 11.7. The summed E-state index contributed by atoms with van der Waals surface area (Å²) in [6, 6.07) is 7.78. The molecule has 4 nitrogen and oxygen atoms in total. The highest BCUT2D eigenvalue weighted by atomic mass is 33.1. The third-order valence-corrected chi connectivity index (χ3v) is 5.13. The average molecular weight is 320 g/mol. The number of hydrogen-bond acceptors (Lipinski definition) is 5. The van der Waals surface area contributed by atoms with Crippen LogP contribution in [0.4, 0.5) is 0 Å². The van der Waals surface area contributed by atoms with E-state index in [1.165, 1.54) is 0 Å². The molecular weight excluding hydrogens is 304 g/mol. The van der Waals surface area contributed by atoms with E-state index < -0.39 is 0 Å². The van der Waals surface area contributed by atoms with E-state index in [2.05, 4.69) is 10.3 Å². The number of fused-ring (bicyclic) bond motifs is 1. The van der Waals surface area contributed by atoms with Gasteiger partial charge in [0.05, 0.1) is 18.2 Å². The summed E-state index contributed by atoms with van der Waals surface area (Å²) in [6.45, 7) is 1.32. The summed E-state index contributed by atoms with van der Waals surface area (Å²) >= 11 is 0. The minimum atomic E-state index is -0.0517. The molecular formula is C15H16N2O2S2. The third-order valence-electron chi connectivity index (χ3n) is 3.42. The molecule has 2 aromatic rings. The Labute approximate surface area is 131 Å². The fourth-order valence-corrected chi connectivity index (χ4v) is 3.90. The van der Waals surface area contributed by atoms with Gasteiger partial charge in [-0.05, 0) is 30.9 Å². The molecule has 0 radical (unpaired) electrons. The molecule has 0 bridgehead atoms. The fraction of sp³-hybridized carbons (Fsp3) is 0.333. The quantitative estimate of drug-likeness (QED) is 0.877. The highest BCUT2D eigenvalue weighted by Gasteiger charge is 2.20. The molecule has 0 spiro atoms. The lowest BCUT2D eigenvalue weighted by Gasteiger charge is -2.13. The second-order valence-corrected chi connectivity index (χ2v) is 7.23. The van der Waals surface area contributed by atoms with Crippen LogP contribution in [0, 0.1) is 0 Å². The Morgan fingerprint density at radius 1 is 1.43 bits per heavy atom. The van der Waals surface area contributed by atoms with Crippen LogP contribution in [0.25, 0.3) is 10.9 Å². The van der Waals surface area contributed by atoms with Gasteiger partial charge in [0, 0.05) is 28.6 Å². The summed E-state index contributed by atoms with van der Waals surface area (Å²) in [5.74, 6) is -0.0517. The number of aromatic nitrogens is 1. The Morgan fingerprint density at radius 3 is 3.10 bits per heavy atom. The first-order valence-corrected chi connectivity index (χ1v) is 9.32. The molecule has 1 atom stereocenters. The van der Waals surface area contributed by atoms with E-state index in [0.717, 1.165) is 28.8 Å². The van der Waals surface area contributed by atoms with Crippen LogP contribution in [0.5, 0.6) is 0 Å². The van der Waals surface area contributed by atoms with E-state index in [4.69, 9.17) is 4.74 Å². The normalized spacial score (nSPS) is 18.0. The maximum atomic E-state index is 12.5. The van der Waals surface area contributed by atoms with Crippen molar-refractivity contribution in [3.05, 3.63) is 36.0 Å². The highest BCUT2D eigenvalue weighted by Crippen LogP contribution is 2.34. The number of carbonyl (C=O) groups excluding carboxylic acids is 1. The standard InChI is InChI=1S/C15H16N2O2S2/c1-20-21-13-5-4-12(11-3-2-7-16-14(11)13)15(18)17-10-6-8-19-9-10/h2-5,7,10H,6,8-9H2,1H3,(H,17,18). The van der Waals surface area contributed by atoms with Gasteiger partial charge in [-0.25, -0.2) is 0 Å². The van der Waals surface area contributed by atoms with Crippen LogP contribution in [0.1, 0.15) is 16.8 Å². The minimum absolute atomic E-state index is 0.0517. The number of rotatable bonds is 4. The molecule has 1 aliphatic heterocycles. The van der Waals surface area contributed by atoms with Gasteiger partial charge in [-0.3, -0.25) is 9.78 Å². The van der Waals surface area contributed by atoms with Crippen molar-refractivity contribution in [3.8, 4) is 0 Å². The van der Waals surface area contributed by atoms with Crippen LogP contribution in [-0.4, -0.2) is 36.4 Å². The molecule has 1 aliphatic rings. The molecule has 6 heteroatoms. The number of nitrogens with zero attached hydrogens (tertiary/aromatic N) is 1. The van der Waals surface area contributed by atoms with E-state index in [-0.39, 0.29) is 11.9 Å². The minimum Gasteiger partial charge on any atom is -0.379 e. The zero-order valence-corrected chi connectivity index (χ0v) is 13.3. The van der Waals surface area contributed by atoms with E-state index in [1.807, 2.05) is 30.5 Å². The molecule has 21 heavy (non-hydrogen) atoms. The lowest BCUT2D eigenvalue weighted by molar-refractivity contribution is 0.0931. The topological polar surface area (TPSA) is 51.2 Å². The van der Waals surface area contributed by atoms with Crippen LogP contribution in [0.2, 0.25) is 0 Å². The van der Waals surface area contributed by atoms with Gasteiger partial charge in [-0.15, -0.1) is 0 Å². The van der Waals surface area contributed by atoms with Crippen molar-refractivity contribution >= 4 is 38.4 Å². The molecule has 1 aromatic heterocycles. The van der Waals surface area contributed by atoms with E-state index in [0.29, 0.717) is 12.2 Å². The van der Waals surface area contributed by atoms with Crippen molar-refractivity contribution in [3.63, 3.8) is 0 Å². The van der Waals surface area contributed by atoms with Crippen LogP contribution >= 0.6 is 21.6 Å². The van der Waals surface area contributed by atoms with Gasteiger partial charge in [0.15, 0.2) is 0 Å².